The Hall–Kier alpha value is -3.91. The Morgan fingerprint density at radius 3 is 2.25 bits per heavy atom. The van der Waals surface area contributed by atoms with Gasteiger partial charge < -0.3 is 5.32 Å². The van der Waals surface area contributed by atoms with E-state index in [0.29, 0.717) is 5.56 Å². The molecule has 32 heavy (non-hydrogen) atoms. The number of rotatable bonds is 7. The number of anilines is 1. The first-order valence-electron chi connectivity index (χ1n) is 9.87. The largest absolute Gasteiger partial charge is 0.350 e. The van der Waals surface area contributed by atoms with Crippen molar-refractivity contribution in [1.29, 1.82) is 0 Å². The molecule has 1 aromatic heterocycles. The van der Waals surface area contributed by atoms with E-state index in [1.807, 2.05) is 36.4 Å². The highest BCUT2D eigenvalue weighted by atomic mass is 32.1. The number of aromatic nitrogens is 2. The zero-order valence-corrected chi connectivity index (χ0v) is 17.7. The Labute approximate surface area is 188 Å². The van der Waals surface area contributed by atoms with Crippen LogP contribution in [0.1, 0.15) is 27.7 Å². The molecule has 0 radical (unpaired) electrons. The third-order valence-electron chi connectivity index (χ3n) is 4.84. The Kier molecular flexibility index (Phi) is 6.62. The predicted molar refractivity (Wildman–Crippen MR) is 121 cm³/mol. The van der Waals surface area contributed by atoms with E-state index in [0.717, 1.165) is 22.0 Å². The number of hydrogen-bond acceptors (Lipinski definition) is 5. The second-order valence-corrected chi connectivity index (χ2v) is 7.54. The Morgan fingerprint density at radius 1 is 0.938 bits per heavy atom. The van der Waals surface area contributed by atoms with Crippen molar-refractivity contribution in [3.63, 3.8) is 0 Å². The second kappa shape index (κ2) is 9.93. The van der Waals surface area contributed by atoms with Crippen molar-refractivity contribution in [2.24, 2.45) is 0 Å². The summed E-state index contributed by atoms with van der Waals surface area (Å²) in [4.78, 5) is 28.0. The van der Waals surface area contributed by atoms with Crippen molar-refractivity contribution < 1.29 is 14.0 Å². The zero-order chi connectivity index (χ0) is 22.3. The molecule has 1 N–H and O–H groups in total. The molecule has 0 spiro atoms. The molecule has 0 aliphatic rings. The number of benzene rings is 3. The summed E-state index contributed by atoms with van der Waals surface area (Å²) in [6.07, 6.45) is 0. The highest BCUT2D eigenvalue weighted by Gasteiger charge is 2.35. The molecule has 0 fully saturated rings. The SMILES string of the molecule is O=C(NCc1ccccc1)[C@@H](c1ccccc1)N(C(=O)c1csnn1)c1ccccc1F. The maximum absolute atomic E-state index is 14.9. The maximum Gasteiger partial charge on any atom is 0.280 e. The van der Waals surface area contributed by atoms with Crippen molar-refractivity contribution >= 4 is 29.0 Å². The topological polar surface area (TPSA) is 75.2 Å². The molecule has 3 aromatic carbocycles. The quantitative estimate of drug-likeness (QED) is 0.457. The minimum atomic E-state index is -1.12. The van der Waals surface area contributed by atoms with Crippen LogP contribution in [-0.2, 0) is 11.3 Å². The summed E-state index contributed by atoms with van der Waals surface area (Å²) in [6.45, 7) is 0.264. The van der Waals surface area contributed by atoms with E-state index in [1.54, 1.807) is 30.3 Å². The summed E-state index contributed by atoms with van der Waals surface area (Å²) in [5.41, 5.74) is 1.46. The molecular formula is C24H19FN4O2S. The lowest BCUT2D eigenvalue weighted by Crippen LogP contribution is -2.44. The van der Waals surface area contributed by atoms with Gasteiger partial charge in [0, 0.05) is 11.9 Å². The normalized spacial score (nSPS) is 11.5. The van der Waals surface area contributed by atoms with Crippen LogP contribution in [0.3, 0.4) is 0 Å². The fourth-order valence-electron chi connectivity index (χ4n) is 3.33. The average molecular weight is 447 g/mol. The third kappa shape index (κ3) is 4.70. The van der Waals surface area contributed by atoms with Gasteiger partial charge in [-0.3, -0.25) is 14.5 Å². The van der Waals surface area contributed by atoms with Crippen LogP contribution in [0.5, 0.6) is 0 Å². The summed E-state index contributed by atoms with van der Waals surface area (Å²) in [6, 6.07) is 22.9. The lowest BCUT2D eigenvalue weighted by Gasteiger charge is -2.31. The Balaban J connectivity index is 1.77. The van der Waals surface area contributed by atoms with Crippen LogP contribution in [0.15, 0.2) is 90.3 Å². The third-order valence-corrected chi connectivity index (χ3v) is 5.35. The molecule has 8 heteroatoms. The first-order valence-corrected chi connectivity index (χ1v) is 10.7. The predicted octanol–water partition coefficient (Wildman–Crippen LogP) is 4.38. The molecule has 0 aliphatic carbocycles. The van der Waals surface area contributed by atoms with Gasteiger partial charge in [0.05, 0.1) is 5.69 Å². The molecule has 0 unspecified atom stereocenters. The van der Waals surface area contributed by atoms with E-state index in [9.17, 15) is 14.0 Å². The van der Waals surface area contributed by atoms with Crippen LogP contribution >= 0.6 is 11.5 Å². The van der Waals surface area contributed by atoms with Gasteiger partial charge in [-0.2, -0.15) is 0 Å². The van der Waals surface area contributed by atoms with Crippen LogP contribution in [-0.4, -0.2) is 21.4 Å². The number of nitrogens with zero attached hydrogens (tertiary/aromatic N) is 3. The van der Waals surface area contributed by atoms with Crippen molar-refractivity contribution in [2.45, 2.75) is 12.6 Å². The van der Waals surface area contributed by atoms with Gasteiger partial charge in [0.15, 0.2) is 5.69 Å². The standard InChI is InChI=1S/C24H19FN4O2S/c25-19-13-7-8-14-21(19)29(24(31)20-16-32-28-27-20)22(18-11-5-2-6-12-18)23(30)26-15-17-9-3-1-4-10-17/h1-14,16,22H,15H2,(H,26,30)/t22-/m1/s1. The zero-order valence-electron chi connectivity index (χ0n) is 16.9. The molecule has 2 amide bonds. The molecule has 4 aromatic rings. The van der Waals surface area contributed by atoms with Crippen molar-refractivity contribution in [3.05, 3.63) is 113 Å². The second-order valence-electron chi connectivity index (χ2n) is 6.93. The van der Waals surface area contributed by atoms with Crippen LogP contribution in [0.4, 0.5) is 10.1 Å². The summed E-state index contributed by atoms with van der Waals surface area (Å²) in [5, 5.41) is 8.20. The van der Waals surface area contributed by atoms with Gasteiger partial charge in [0.1, 0.15) is 11.9 Å². The van der Waals surface area contributed by atoms with Gasteiger partial charge >= 0.3 is 0 Å². The highest BCUT2D eigenvalue weighted by molar-refractivity contribution is 7.03. The van der Waals surface area contributed by atoms with Crippen LogP contribution < -0.4 is 10.2 Å². The molecule has 1 heterocycles. The first kappa shape index (κ1) is 21.3. The molecule has 0 bridgehead atoms. The van der Waals surface area contributed by atoms with Gasteiger partial charge in [0.25, 0.3) is 5.91 Å². The smallest absolute Gasteiger partial charge is 0.280 e. The molecule has 0 saturated heterocycles. The van der Waals surface area contributed by atoms with E-state index >= 15 is 0 Å². The maximum atomic E-state index is 14.9. The van der Waals surface area contributed by atoms with Crippen molar-refractivity contribution in [3.8, 4) is 0 Å². The van der Waals surface area contributed by atoms with E-state index in [2.05, 4.69) is 14.9 Å². The van der Waals surface area contributed by atoms with Crippen LogP contribution in [0, 0.1) is 5.82 Å². The fourth-order valence-corrected chi connectivity index (χ4v) is 3.76. The number of carbonyl (C=O) groups is 2. The number of para-hydroxylation sites is 1. The van der Waals surface area contributed by atoms with Gasteiger partial charge in [0.2, 0.25) is 5.91 Å². The van der Waals surface area contributed by atoms with E-state index < -0.39 is 23.7 Å². The number of carbonyl (C=O) groups excluding carboxylic acids is 2. The number of halogens is 1. The summed E-state index contributed by atoms with van der Waals surface area (Å²) >= 11 is 1.01. The summed E-state index contributed by atoms with van der Waals surface area (Å²) in [7, 11) is 0. The Bertz CT molecular complexity index is 1190. The molecule has 0 aliphatic heterocycles. The van der Waals surface area contributed by atoms with Gasteiger partial charge in [-0.25, -0.2) is 4.39 Å². The number of hydrogen-bond donors (Lipinski definition) is 1. The molecule has 160 valence electrons. The monoisotopic (exact) mass is 446 g/mol. The van der Waals surface area contributed by atoms with Crippen molar-refractivity contribution in [2.75, 3.05) is 4.90 Å². The average Bonchev–Trinajstić information content (AvgIpc) is 3.38. The molecule has 0 saturated carbocycles. The number of amides is 2. The molecule has 6 nitrogen and oxygen atoms in total. The fraction of sp³-hybridized carbons (Fsp3) is 0.0833. The summed E-state index contributed by atoms with van der Waals surface area (Å²) < 4.78 is 18.6. The van der Waals surface area contributed by atoms with Crippen molar-refractivity contribution in [1.82, 2.24) is 14.9 Å². The number of nitrogens with one attached hydrogen (secondary N) is 1. The van der Waals surface area contributed by atoms with Gasteiger partial charge in [-0.05, 0) is 34.8 Å². The molecule has 4 rings (SSSR count). The highest BCUT2D eigenvalue weighted by Crippen LogP contribution is 2.31. The van der Waals surface area contributed by atoms with E-state index in [4.69, 9.17) is 0 Å². The minimum Gasteiger partial charge on any atom is -0.350 e. The lowest BCUT2D eigenvalue weighted by atomic mass is 10.0. The first-order chi connectivity index (χ1) is 15.6. The summed E-state index contributed by atoms with van der Waals surface area (Å²) in [5.74, 6) is -1.69. The molecule has 1 atom stereocenters. The minimum absolute atomic E-state index is 0.0192. The van der Waals surface area contributed by atoms with Gasteiger partial charge in [-0.1, -0.05) is 77.3 Å². The van der Waals surface area contributed by atoms with Crippen LogP contribution in [0.25, 0.3) is 0 Å². The van der Waals surface area contributed by atoms with Gasteiger partial charge in [-0.15, -0.1) is 5.10 Å². The van der Waals surface area contributed by atoms with E-state index in [1.165, 1.54) is 23.6 Å². The Morgan fingerprint density at radius 2 is 1.59 bits per heavy atom. The van der Waals surface area contributed by atoms with E-state index in [-0.39, 0.29) is 17.9 Å². The molecular weight excluding hydrogens is 427 g/mol. The van der Waals surface area contributed by atoms with Crippen LogP contribution in [0.2, 0.25) is 0 Å². The lowest BCUT2D eigenvalue weighted by molar-refractivity contribution is -0.122.